The van der Waals surface area contributed by atoms with Gasteiger partial charge in [0.25, 0.3) is 5.91 Å². The Bertz CT molecular complexity index is 558. The maximum atomic E-state index is 11.8. The summed E-state index contributed by atoms with van der Waals surface area (Å²) in [6, 6.07) is 12.8. The van der Waals surface area contributed by atoms with Crippen molar-refractivity contribution in [1.82, 2.24) is 10.3 Å². The van der Waals surface area contributed by atoms with E-state index >= 15 is 0 Å². The molecule has 0 bridgehead atoms. The molecule has 104 valence electrons. The standard InChI is InChI=1S/C15H17N3O2/c16-12-7-9-17-14(11-12)15(19)18-8-4-10-20-13-5-2-1-3-6-13/h1-3,5-7,9,11H,4,8,10H2,(H2,16,17)(H,18,19). The first kappa shape index (κ1) is 13.9. The first-order valence-electron chi connectivity index (χ1n) is 6.43. The third-order valence-electron chi connectivity index (χ3n) is 2.64. The zero-order valence-electron chi connectivity index (χ0n) is 11.1. The lowest BCUT2D eigenvalue weighted by molar-refractivity contribution is 0.0946. The molecule has 1 aromatic heterocycles. The molecule has 2 aromatic rings. The molecule has 0 unspecified atom stereocenters. The first-order valence-corrected chi connectivity index (χ1v) is 6.43. The van der Waals surface area contributed by atoms with Crippen LogP contribution in [0.3, 0.4) is 0 Å². The molecule has 1 aromatic carbocycles. The Morgan fingerprint density at radius 1 is 1.25 bits per heavy atom. The highest BCUT2D eigenvalue weighted by atomic mass is 16.5. The lowest BCUT2D eigenvalue weighted by Gasteiger charge is -2.07. The normalized spacial score (nSPS) is 10.0. The molecule has 2 rings (SSSR count). The number of nitrogens with two attached hydrogens (primary N) is 1. The lowest BCUT2D eigenvalue weighted by atomic mass is 10.3. The summed E-state index contributed by atoms with van der Waals surface area (Å²) >= 11 is 0. The minimum Gasteiger partial charge on any atom is -0.494 e. The fourth-order valence-corrected chi connectivity index (χ4v) is 1.64. The summed E-state index contributed by atoms with van der Waals surface area (Å²) in [6.45, 7) is 1.08. The third-order valence-corrected chi connectivity index (χ3v) is 2.64. The van der Waals surface area contributed by atoms with Gasteiger partial charge in [-0.05, 0) is 30.7 Å². The molecule has 1 amide bonds. The van der Waals surface area contributed by atoms with Crippen LogP contribution in [0.2, 0.25) is 0 Å². The second-order valence-corrected chi connectivity index (χ2v) is 4.25. The smallest absolute Gasteiger partial charge is 0.269 e. The predicted molar refractivity (Wildman–Crippen MR) is 77.5 cm³/mol. The maximum absolute atomic E-state index is 11.8. The van der Waals surface area contributed by atoms with E-state index in [9.17, 15) is 4.79 Å². The van der Waals surface area contributed by atoms with Crippen LogP contribution in [0.25, 0.3) is 0 Å². The second-order valence-electron chi connectivity index (χ2n) is 4.25. The summed E-state index contributed by atoms with van der Waals surface area (Å²) in [5, 5.41) is 2.78. The Hall–Kier alpha value is -2.56. The summed E-state index contributed by atoms with van der Waals surface area (Å²) in [4.78, 5) is 15.7. The third kappa shape index (κ3) is 4.28. The van der Waals surface area contributed by atoms with E-state index in [0.29, 0.717) is 24.5 Å². The number of nitrogen functional groups attached to an aromatic ring is 1. The first-order chi connectivity index (χ1) is 9.75. The monoisotopic (exact) mass is 271 g/mol. The Morgan fingerprint density at radius 2 is 2.05 bits per heavy atom. The number of para-hydroxylation sites is 1. The van der Waals surface area contributed by atoms with Gasteiger partial charge in [-0.2, -0.15) is 0 Å². The van der Waals surface area contributed by atoms with Crippen molar-refractivity contribution in [3.63, 3.8) is 0 Å². The molecule has 5 nitrogen and oxygen atoms in total. The van der Waals surface area contributed by atoms with Crippen LogP contribution >= 0.6 is 0 Å². The molecule has 0 aliphatic carbocycles. The summed E-state index contributed by atoms with van der Waals surface area (Å²) in [6.07, 6.45) is 2.24. The minimum absolute atomic E-state index is 0.225. The van der Waals surface area contributed by atoms with Crippen LogP contribution in [-0.2, 0) is 0 Å². The van der Waals surface area contributed by atoms with Gasteiger partial charge in [-0.3, -0.25) is 9.78 Å². The van der Waals surface area contributed by atoms with Gasteiger partial charge >= 0.3 is 0 Å². The van der Waals surface area contributed by atoms with Crippen molar-refractivity contribution in [3.8, 4) is 5.75 Å². The van der Waals surface area contributed by atoms with Crippen molar-refractivity contribution in [2.45, 2.75) is 6.42 Å². The van der Waals surface area contributed by atoms with E-state index in [2.05, 4.69) is 10.3 Å². The number of anilines is 1. The lowest BCUT2D eigenvalue weighted by Crippen LogP contribution is -2.26. The highest BCUT2D eigenvalue weighted by Crippen LogP contribution is 2.08. The van der Waals surface area contributed by atoms with Crippen LogP contribution in [0.15, 0.2) is 48.7 Å². The molecular formula is C15H17N3O2. The number of carbonyl (C=O) groups excluding carboxylic acids is 1. The van der Waals surface area contributed by atoms with Gasteiger partial charge in [-0.25, -0.2) is 0 Å². The van der Waals surface area contributed by atoms with E-state index in [4.69, 9.17) is 10.5 Å². The van der Waals surface area contributed by atoms with Crippen molar-refractivity contribution in [3.05, 3.63) is 54.4 Å². The van der Waals surface area contributed by atoms with Gasteiger partial charge < -0.3 is 15.8 Å². The van der Waals surface area contributed by atoms with Crippen LogP contribution in [0.1, 0.15) is 16.9 Å². The molecule has 0 saturated heterocycles. The van der Waals surface area contributed by atoms with Crippen LogP contribution < -0.4 is 15.8 Å². The predicted octanol–water partition coefficient (Wildman–Crippen LogP) is 1.86. The van der Waals surface area contributed by atoms with Crippen molar-refractivity contribution in [2.75, 3.05) is 18.9 Å². The average molecular weight is 271 g/mol. The Labute approximate surface area is 117 Å². The zero-order valence-corrected chi connectivity index (χ0v) is 11.1. The van der Waals surface area contributed by atoms with Gasteiger partial charge in [0.05, 0.1) is 6.61 Å². The molecule has 0 spiro atoms. The highest BCUT2D eigenvalue weighted by Gasteiger charge is 2.06. The summed E-state index contributed by atoms with van der Waals surface area (Å²) in [5.41, 5.74) is 6.45. The molecule has 20 heavy (non-hydrogen) atoms. The Morgan fingerprint density at radius 3 is 2.80 bits per heavy atom. The molecule has 0 saturated carbocycles. The zero-order chi connectivity index (χ0) is 14.2. The number of carbonyl (C=O) groups is 1. The number of aromatic nitrogens is 1. The van der Waals surface area contributed by atoms with Crippen molar-refractivity contribution >= 4 is 11.6 Å². The molecule has 0 atom stereocenters. The number of hydrogen-bond acceptors (Lipinski definition) is 4. The molecule has 0 fully saturated rings. The molecule has 5 heteroatoms. The number of hydrogen-bond donors (Lipinski definition) is 2. The van der Waals surface area contributed by atoms with Gasteiger partial charge in [0.1, 0.15) is 11.4 Å². The highest BCUT2D eigenvalue weighted by molar-refractivity contribution is 5.92. The molecule has 0 radical (unpaired) electrons. The SMILES string of the molecule is Nc1ccnc(C(=O)NCCCOc2ccccc2)c1. The average Bonchev–Trinajstić information content (AvgIpc) is 2.48. The number of nitrogens with one attached hydrogen (secondary N) is 1. The van der Waals surface area contributed by atoms with Gasteiger partial charge in [-0.15, -0.1) is 0 Å². The van der Waals surface area contributed by atoms with Crippen molar-refractivity contribution in [1.29, 1.82) is 0 Å². The maximum Gasteiger partial charge on any atom is 0.269 e. The van der Waals surface area contributed by atoms with E-state index in [1.54, 1.807) is 12.1 Å². The number of rotatable bonds is 6. The molecule has 3 N–H and O–H groups in total. The Kier molecular flexibility index (Phi) is 4.94. The fraction of sp³-hybridized carbons (Fsp3) is 0.200. The Balaban J connectivity index is 1.67. The summed E-state index contributed by atoms with van der Waals surface area (Å²) < 4.78 is 5.53. The number of amides is 1. The van der Waals surface area contributed by atoms with Crippen LogP contribution in [0.4, 0.5) is 5.69 Å². The van der Waals surface area contributed by atoms with Gasteiger partial charge in [-0.1, -0.05) is 18.2 Å². The molecule has 1 heterocycles. The van der Waals surface area contributed by atoms with Gasteiger partial charge in [0.2, 0.25) is 0 Å². The van der Waals surface area contributed by atoms with Gasteiger partial charge in [0.15, 0.2) is 0 Å². The largest absolute Gasteiger partial charge is 0.494 e. The summed E-state index contributed by atoms with van der Waals surface area (Å²) in [7, 11) is 0. The minimum atomic E-state index is -0.225. The van der Waals surface area contributed by atoms with Crippen molar-refractivity contribution < 1.29 is 9.53 Å². The molecule has 0 aliphatic rings. The number of pyridine rings is 1. The van der Waals surface area contributed by atoms with Gasteiger partial charge in [0, 0.05) is 18.4 Å². The van der Waals surface area contributed by atoms with E-state index in [1.165, 1.54) is 6.20 Å². The van der Waals surface area contributed by atoms with E-state index in [0.717, 1.165) is 12.2 Å². The van der Waals surface area contributed by atoms with Crippen LogP contribution in [0.5, 0.6) is 5.75 Å². The number of ether oxygens (including phenoxy) is 1. The van der Waals surface area contributed by atoms with Crippen molar-refractivity contribution in [2.24, 2.45) is 0 Å². The number of benzene rings is 1. The van der Waals surface area contributed by atoms with E-state index in [-0.39, 0.29) is 5.91 Å². The summed E-state index contributed by atoms with van der Waals surface area (Å²) in [5.74, 6) is 0.605. The number of nitrogens with zero attached hydrogens (tertiary/aromatic N) is 1. The van der Waals surface area contributed by atoms with Crippen LogP contribution in [0, 0.1) is 0 Å². The van der Waals surface area contributed by atoms with E-state index in [1.807, 2.05) is 30.3 Å². The van der Waals surface area contributed by atoms with E-state index < -0.39 is 0 Å². The van der Waals surface area contributed by atoms with Crippen LogP contribution in [-0.4, -0.2) is 24.0 Å². The topological polar surface area (TPSA) is 77.2 Å². The second kappa shape index (κ2) is 7.13. The quantitative estimate of drug-likeness (QED) is 0.786. The fourth-order valence-electron chi connectivity index (χ4n) is 1.64. The molecular weight excluding hydrogens is 254 g/mol. The molecule has 0 aliphatic heterocycles.